The summed E-state index contributed by atoms with van der Waals surface area (Å²) in [7, 11) is 1.53. The van der Waals surface area contributed by atoms with Crippen LogP contribution in [0, 0.1) is 5.82 Å². The molecule has 0 aromatic heterocycles. The summed E-state index contributed by atoms with van der Waals surface area (Å²) in [5, 5.41) is 14.5. The summed E-state index contributed by atoms with van der Waals surface area (Å²) in [6.07, 6.45) is 0.274. The van der Waals surface area contributed by atoms with E-state index >= 15 is 0 Å². The predicted molar refractivity (Wildman–Crippen MR) is 130 cm³/mol. The molecule has 0 spiro atoms. The third kappa shape index (κ3) is 7.31. The smallest absolute Gasteiger partial charge is 0.251 e. The molecule has 3 aromatic rings. The van der Waals surface area contributed by atoms with Gasteiger partial charge in [-0.25, -0.2) is 4.39 Å². The van der Waals surface area contributed by atoms with Crippen molar-refractivity contribution in [2.24, 2.45) is 0 Å². The molecule has 0 aliphatic heterocycles. The van der Waals surface area contributed by atoms with Gasteiger partial charge in [0.05, 0.1) is 18.6 Å². The molecule has 0 saturated heterocycles. The summed E-state index contributed by atoms with van der Waals surface area (Å²) in [4.78, 5) is 26.7. The number of hydrogen-bond acceptors (Lipinski definition) is 6. The molecule has 9 heteroatoms. The molecular weight excluding hydrogens is 457 g/mol. The van der Waals surface area contributed by atoms with Gasteiger partial charge < -0.3 is 20.5 Å². The molecule has 0 aliphatic rings. The van der Waals surface area contributed by atoms with Gasteiger partial charge in [-0.05, 0) is 53.9 Å². The van der Waals surface area contributed by atoms with Crippen LogP contribution in [-0.2, 0) is 11.2 Å². The second-order valence-corrected chi connectivity index (χ2v) is 8.23. The number of nitrogens with one attached hydrogen (secondary N) is 3. The summed E-state index contributed by atoms with van der Waals surface area (Å²) >= 11 is 1.31. The van der Waals surface area contributed by atoms with Crippen LogP contribution in [0.4, 0.5) is 10.1 Å². The fourth-order valence-corrected chi connectivity index (χ4v) is 3.86. The molecule has 0 fully saturated rings. The lowest BCUT2D eigenvalue weighted by Gasteiger charge is -2.19. The van der Waals surface area contributed by atoms with Crippen LogP contribution in [0.3, 0.4) is 0 Å². The van der Waals surface area contributed by atoms with Crippen LogP contribution in [-0.4, -0.2) is 43.2 Å². The van der Waals surface area contributed by atoms with Crippen LogP contribution in [0.1, 0.15) is 15.9 Å². The molecule has 0 saturated carbocycles. The molecule has 2 amide bonds. The minimum atomic E-state index is -0.869. The maximum absolute atomic E-state index is 13.2. The van der Waals surface area contributed by atoms with Crippen molar-refractivity contribution in [2.45, 2.75) is 17.4 Å². The number of methoxy groups -OCH3 is 1. The van der Waals surface area contributed by atoms with Gasteiger partial charge in [-0.15, -0.1) is 0 Å². The second-order valence-electron chi connectivity index (χ2n) is 7.30. The third-order valence-corrected chi connectivity index (χ3v) is 5.74. The second kappa shape index (κ2) is 12.7. The van der Waals surface area contributed by atoms with Crippen molar-refractivity contribution < 1.29 is 23.8 Å². The van der Waals surface area contributed by atoms with Crippen LogP contribution in [0.2, 0.25) is 0 Å². The molecule has 178 valence electrons. The minimum absolute atomic E-state index is 0.00982. The average Bonchev–Trinajstić information content (AvgIpc) is 2.85. The van der Waals surface area contributed by atoms with E-state index in [1.807, 2.05) is 30.3 Å². The van der Waals surface area contributed by atoms with E-state index in [0.29, 0.717) is 18.0 Å². The van der Waals surface area contributed by atoms with Gasteiger partial charge in [0.15, 0.2) is 0 Å². The Morgan fingerprint density at radius 3 is 2.47 bits per heavy atom. The van der Waals surface area contributed by atoms with Crippen molar-refractivity contribution in [1.82, 2.24) is 10.0 Å². The lowest BCUT2D eigenvalue weighted by atomic mass is 10.0. The van der Waals surface area contributed by atoms with Crippen LogP contribution >= 0.6 is 11.9 Å². The van der Waals surface area contributed by atoms with Crippen LogP contribution in [0.25, 0.3) is 0 Å². The number of carbonyl (C=O) groups excluding carboxylic acids is 2. The molecule has 3 rings (SSSR count). The maximum atomic E-state index is 13.2. The number of benzene rings is 3. The van der Waals surface area contributed by atoms with Gasteiger partial charge in [0.1, 0.15) is 17.6 Å². The van der Waals surface area contributed by atoms with Gasteiger partial charge in [0.2, 0.25) is 5.91 Å². The van der Waals surface area contributed by atoms with Crippen molar-refractivity contribution in [3.8, 4) is 5.75 Å². The Morgan fingerprint density at radius 1 is 1.06 bits per heavy atom. The zero-order valence-corrected chi connectivity index (χ0v) is 19.4. The molecule has 1 atom stereocenters. The maximum Gasteiger partial charge on any atom is 0.251 e. The first kappa shape index (κ1) is 25.2. The van der Waals surface area contributed by atoms with E-state index in [1.54, 1.807) is 18.2 Å². The van der Waals surface area contributed by atoms with E-state index < -0.39 is 23.7 Å². The quantitative estimate of drug-likeness (QED) is 0.246. The normalized spacial score (nSPS) is 11.5. The van der Waals surface area contributed by atoms with Gasteiger partial charge in [-0.2, -0.15) is 0 Å². The molecule has 0 radical (unpaired) electrons. The Balaban J connectivity index is 1.76. The Labute approximate surface area is 201 Å². The number of amides is 2. The molecule has 34 heavy (non-hydrogen) atoms. The summed E-state index contributed by atoms with van der Waals surface area (Å²) in [6, 6.07) is 18.8. The first-order chi connectivity index (χ1) is 16.5. The summed E-state index contributed by atoms with van der Waals surface area (Å²) in [5.74, 6) is -0.781. The highest BCUT2D eigenvalue weighted by Gasteiger charge is 2.22. The van der Waals surface area contributed by atoms with Crippen molar-refractivity contribution in [3.05, 3.63) is 89.7 Å². The highest BCUT2D eigenvalue weighted by molar-refractivity contribution is 7.97. The summed E-state index contributed by atoms with van der Waals surface area (Å²) < 4.78 is 21.6. The molecule has 0 heterocycles. The van der Waals surface area contributed by atoms with E-state index in [9.17, 15) is 14.0 Å². The molecule has 1 unspecified atom stereocenters. The monoisotopic (exact) mass is 483 g/mol. The lowest BCUT2D eigenvalue weighted by molar-refractivity contribution is -0.118. The lowest BCUT2D eigenvalue weighted by Crippen LogP contribution is -2.45. The first-order valence-electron chi connectivity index (χ1n) is 10.6. The summed E-state index contributed by atoms with van der Waals surface area (Å²) in [6.45, 7) is 0.428. The molecular formula is C25H26FN3O4S. The van der Waals surface area contributed by atoms with Crippen molar-refractivity contribution in [1.29, 1.82) is 0 Å². The number of carbonyl (C=O) groups is 2. The van der Waals surface area contributed by atoms with Gasteiger partial charge in [-0.1, -0.05) is 30.3 Å². The van der Waals surface area contributed by atoms with Gasteiger partial charge in [-0.3, -0.25) is 14.3 Å². The standard InChI is InChI=1S/C25H26FN3O4S/c1-33-22-16-20(11-12-23(22)34-27-13-14-30)28-25(32)21(15-17-5-3-2-4-6-17)29-24(31)18-7-9-19(26)10-8-18/h2-12,16,21,27,30H,13-15H2,1H3,(H,28,32)(H,29,31). The van der Waals surface area contributed by atoms with Crippen molar-refractivity contribution in [2.75, 3.05) is 25.6 Å². The largest absolute Gasteiger partial charge is 0.495 e. The average molecular weight is 484 g/mol. The summed E-state index contributed by atoms with van der Waals surface area (Å²) in [5.41, 5.74) is 1.63. The number of ether oxygens (including phenoxy) is 1. The Bertz CT molecular complexity index is 1100. The molecule has 4 N–H and O–H groups in total. The Hall–Kier alpha value is -3.40. The molecule has 7 nitrogen and oxygen atoms in total. The zero-order chi connectivity index (χ0) is 24.3. The van der Waals surface area contributed by atoms with Gasteiger partial charge in [0.25, 0.3) is 5.91 Å². The van der Waals surface area contributed by atoms with Crippen LogP contribution in [0.15, 0.2) is 77.7 Å². The Morgan fingerprint density at radius 2 is 1.79 bits per heavy atom. The van der Waals surface area contributed by atoms with Crippen molar-refractivity contribution in [3.63, 3.8) is 0 Å². The predicted octanol–water partition coefficient (Wildman–Crippen LogP) is 3.40. The van der Waals surface area contributed by atoms with E-state index in [4.69, 9.17) is 9.84 Å². The highest BCUT2D eigenvalue weighted by Crippen LogP contribution is 2.30. The fraction of sp³-hybridized carbons (Fsp3) is 0.200. The van der Waals surface area contributed by atoms with E-state index in [0.717, 1.165) is 10.5 Å². The topological polar surface area (TPSA) is 99.7 Å². The number of rotatable bonds is 11. The Kier molecular flexibility index (Phi) is 9.45. The molecule has 0 bridgehead atoms. The number of aliphatic hydroxyl groups is 1. The van der Waals surface area contributed by atoms with Gasteiger partial charge >= 0.3 is 0 Å². The zero-order valence-electron chi connectivity index (χ0n) is 18.6. The van der Waals surface area contributed by atoms with Gasteiger partial charge in [0, 0.05) is 30.3 Å². The number of aliphatic hydroxyl groups excluding tert-OH is 1. The van der Waals surface area contributed by atoms with E-state index in [-0.39, 0.29) is 18.6 Å². The fourth-order valence-electron chi connectivity index (χ4n) is 3.14. The van der Waals surface area contributed by atoms with E-state index in [1.165, 1.54) is 43.3 Å². The number of hydrogen-bond donors (Lipinski definition) is 4. The molecule has 3 aromatic carbocycles. The van der Waals surface area contributed by atoms with E-state index in [2.05, 4.69) is 15.4 Å². The first-order valence-corrected chi connectivity index (χ1v) is 11.4. The number of anilines is 1. The van der Waals surface area contributed by atoms with Crippen LogP contribution in [0.5, 0.6) is 5.75 Å². The molecule has 0 aliphatic carbocycles. The highest BCUT2D eigenvalue weighted by atomic mass is 32.2. The number of halogens is 1. The van der Waals surface area contributed by atoms with Crippen molar-refractivity contribution >= 4 is 29.4 Å². The van der Waals surface area contributed by atoms with Crippen LogP contribution < -0.4 is 20.1 Å². The minimum Gasteiger partial charge on any atom is -0.495 e. The third-order valence-electron chi connectivity index (χ3n) is 4.84. The SMILES string of the molecule is COc1cc(NC(=O)C(Cc2ccccc2)NC(=O)c2ccc(F)cc2)ccc1SNCCO.